The highest BCUT2D eigenvalue weighted by molar-refractivity contribution is 7.92. The molecule has 0 radical (unpaired) electrons. The Balaban J connectivity index is 1.70. The molecule has 0 saturated heterocycles. The van der Waals surface area contributed by atoms with E-state index in [9.17, 15) is 18.0 Å². The normalized spacial score (nSPS) is 11.4. The van der Waals surface area contributed by atoms with E-state index >= 15 is 0 Å². The predicted octanol–water partition coefficient (Wildman–Crippen LogP) is 2.38. The predicted molar refractivity (Wildman–Crippen MR) is 113 cm³/mol. The average Bonchev–Trinajstić information content (AvgIpc) is 3.22. The van der Waals surface area contributed by atoms with E-state index in [1.165, 1.54) is 27.3 Å². The highest BCUT2D eigenvalue weighted by Gasteiger charge is 2.14. The first kappa shape index (κ1) is 20.2. The van der Waals surface area contributed by atoms with Gasteiger partial charge in [-0.1, -0.05) is 23.5 Å². The number of nitrogens with one attached hydrogen (secondary N) is 1. The van der Waals surface area contributed by atoms with E-state index in [0.717, 1.165) is 28.8 Å². The minimum absolute atomic E-state index is 0.0599. The molecule has 2 aromatic heterocycles. The van der Waals surface area contributed by atoms with Gasteiger partial charge >= 0.3 is 4.87 Å². The van der Waals surface area contributed by atoms with Crippen LogP contribution < -0.4 is 14.5 Å². The molecule has 0 fully saturated rings. The number of hydrogen-bond donors (Lipinski definition) is 1. The molecule has 0 bridgehead atoms. The van der Waals surface area contributed by atoms with E-state index in [-0.39, 0.29) is 17.3 Å². The molecule has 0 saturated carbocycles. The molecule has 0 unspecified atom stereocenters. The Morgan fingerprint density at radius 2 is 1.89 bits per heavy atom. The van der Waals surface area contributed by atoms with Crippen molar-refractivity contribution in [1.29, 1.82) is 0 Å². The highest BCUT2D eigenvalue weighted by Crippen LogP contribution is 2.27. The summed E-state index contributed by atoms with van der Waals surface area (Å²) in [6, 6.07) is 6.93. The van der Waals surface area contributed by atoms with Gasteiger partial charge in [-0.25, -0.2) is 13.4 Å². The number of anilines is 2. The third-order valence-corrected chi connectivity index (χ3v) is 6.90. The van der Waals surface area contributed by atoms with Crippen LogP contribution in [0.1, 0.15) is 5.69 Å². The number of aromatic nitrogens is 2. The Hall–Kier alpha value is -2.50. The molecule has 11 heteroatoms. The zero-order chi connectivity index (χ0) is 20.5. The summed E-state index contributed by atoms with van der Waals surface area (Å²) < 4.78 is 25.8. The smallest absolute Gasteiger partial charge is 0.300 e. The number of sulfonamides is 1. The van der Waals surface area contributed by atoms with Crippen LogP contribution in [0.25, 0.3) is 11.3 Å². The summed E-state index contributed by atoms with van der Waals surface area (Å²) >= 11 is 2.33. The van der Waals surface area contributed by atoms with Crippen LogP contribution in [0.15, 0.2) is 39.8 Å². The third-order valence-electron chi connectivity index (χ3n) is 4.05. The number of carbonyl (C=O) groups excluding carboxylic acids is 1. The number of amides is 1. The maximum Gasteiger partial charge on any atom is 0.307 e. The van der Waals surface area contributed by atoms with Gasteiger partial charge in [-0.05, 0) is 19.1 Å². The molecule has 148 valence electrons. The Labute approximate surface area is 170 Å². The van der Waals surface area contributed by atoms with E-state index in [1.807, 2.05) is 0 Å². The summed E-state index contributed by atoms with van der Waals surface area (Å²) in [5.74, 6) is -0.324. The molecular weight excluding hydrogens is 420 g/mol. The summed E-state index contributed by atoms with van der Waals surface area (Å²) in [4.78, 5) is 28.1. The molecule has 0 aliphatic carbocycles. The first-order valence-corrected chi connectivity index (χ1v) is 11.7. The Kier molecular flexibility index (Phi) is 5.68. The van der Waals surface area contributed by atoms with Crippen molar-refractivity contribution in [2.45, 2.75) is 13.5 Å². The number of rotatable bonds is 6. The average molecular weight is 439 g/mol. The van der Waals surface area contributed by atoms with Crippen LogP contribution in [-0.4, -0.2) is 37.2 Å². The Morgan fingerprint density at radius 1 is 1.21 bits per heavy atom. The first-order valence-electron chi connectivity index (χ1n) is 8.10. The molecule has 2 heterocycles. The highest BCUT2D eigenvalue weighted by atomic mass is 32.2. The van der Waals surface area contributed by atoms with E-state index in [4.69, 9.17) is 0 Å². The van der Waals surface area contributed by atoms with Crippen LogP contribution in [-0.2, 0) is 21.4 Å². The van der Waals surface area contributed by atoms with Crippen molar-refractivity contribution < 1.29 is 13.2 Å². The number of hydrogen-bond acceptors (Lipinski definition) is 7. The van der Waals surface area contributed by atoms with Crippen LogP contribution in [0.4, 0.5) is 10.8 Å². The SMILES string of the molecule is Cc1csc(=O)n1CC(=O)Nc1nc(-c2ccc(N(C)S(C)(=O)=O)cc2)cs1. The number of nitrogens with zero attached hydrogens (tertiary/aromatic N) is 3. The van der Waals surface area contributed by atoms with Crippen molar-refractivity contribution in [3.63, 3.8) is 0 Å². The van der Waals surface area contributed by atoms with E-state index in [0.29, 0.717) is 16.5 Å². The lowest BCUT2D eigenvalue weighted by Gasteiger charge is -2.16. The molecular formula is C17H18N4O4S3. The van der Waals surface area contributed by atoms with Gasteiger partial charge in [0.25, 0.3) is 0 Å². The fourth-order valence-electron chi connectivity index (χ4n) is 2.40. The molecule has 0 aliphatic heterocycles. The minimum atomic E-state index is -3.32. The van der Waals surface area contributed by atoms with Crippen LogP contribution in [0, 0.1) is 6.92 Å². The number of carbonyl (C=O) groups is 1. The van der Waals surface area contributed by atoms with Crippen molar-refractivity contribution >= 4 is 49.4 Å². The summed E-state index contributed by atoms with van der Waals surface area (Å²) in [6.07, 6.45) is 1.14. The van der Waals surface area contributed by atoms with Crippen LogP contribution >= 0.6 is 22.7 Å². The molecule has 1 amide bonds. The quantitative estimate of drug-likeness (QED) is 0.637. The maximum atomic E-state index is 12.2. The zero-order valence-corrected chi connectivity index (χ0v) is 17.8. The Morgan fingerprint density at radius 3 is 2.46 bits per heavy atom. The van der Waals surface area contributed by atoms with Crippen molar-refractivity contribution in [3.8, 4) is 11.3 Å². The van der Waals surface area contributed by atoms with Gasteiger partial charge < -0.3 is 5.32 Å². The molecule has 1 N–H and O–H groups in total. The van der Waals surface area contributed by atoms with Gasteiger partial charge in [-0.3, -0.25) is 18.5 Å². The Bertz CT molecular complexity index is 1160. The van der Waals surface area contributed by atoms with Gasteiger partial charge in [0, 0.05) is 29.1 Å². The van der Waals surface area contributed by atoms with Crippen LogP contribution in [0.3, 0.4) is 0 Å². The molecule has 3 aromatic rings. The molecule has 0 aliphatic rings. The van der Waals surface area contributed by atoms with Crippen LogP contribution in [0.2, 0.25) is 0 Å². The molecule has 0 atom stereocenters. The second-order valence-corrected chi connectivity index (χ2v) is 9.79. The van der Waals surface area contributed by atoms with E-state index in [1.54, 1.807) is 41.9 Å². The van der Waals surface area contributed by atoms with Crippen molar-refractivity contribution in [2.75, 3.05) is 22.9 Å². The lowest BCUT2D eigenvalue weighted by molar-refractivity contribution is -0.116. The van der Waals surface area contributed by atoms with Crippen molar-refractivity contribution in [2.24, 2.45) is 0 Å². The minimum Gasteiger partial charge on any atom is -0.300 e. The molecule has 0 spiro atoms. The number of aryl methyl sites for hydroxylation is 1. The summed E-state index contributed by atoms with van der Waals surface area (Å²) in [5.41, 5.74) is 2.75. The van der Waals surface area contributed by atoms with Crippen LogP contribution in [0.5, 0.6) is 0 Å². The third kappa shape index (κ3) is 4.49. The van der Waals surface area contributed by atoms with Gasteiger partial charge in [0.2, 0.25) is 15.9 Å². The lowest BCUT2D eigenvalue weighted by atomic mass is 10.1. The molecule has 3 rings (SSSR count). The monoisotopic (exact) mass is 438 g/mol. The lowest BCUT2D eigenvalue weighted by Crippen LogP contribution is -2.25. The van der Waals surface area contributed by atoms with Gasteiger partial charge in [-0.2, -0.15) is 0 Å². The standard InChI is InChI=1S/C17H18N4O4S3/c1-11-9-27-17(23)21(11)8-15(22)19-16-18-14(10-26-16)12-4-6-13(7-5-12)20(2)28(3,24)25/h4-7,9-10H,8H2,1-3H3,(H,18,19,22). The molecule has 28 heavy (non-hydrogen) atoms. The number of benzene rings is 1. The largest absolute Gasteiger partial charge is 0.307 e. The fraction of sp³-hybridized carbons (Fsp3) is 0.235. The van der Waals surface area contributed by atoms with Gasteiger partial charge in [0.1, 0.15) is 6.54 Å². The summed E-state index contributed by atoms with van der Waals surface area (Å²) in [7, 11) is -1.83. The number of thiazole rings is 2. The van der Waals surface area contributed by atoms with Gasteiger partial charge in [0.05, 0.1) is 17.6 Å². The fourth-order valence-corrected chi connectivity index (χ4v) is 4.37. The first-order chi connectivity index (χ1) is 13.1. The van der Waals surface area contributed by atoms with E-state index in [2.05, 4.69) is 10.3 Å². The second kappa shape index (κ2) is 7.86. The summed E-state index contributed by atoms with van der Waals surface area (Å²) in [6.45, 7) is 1.72. The van der Waals surface area contributed by atoms with E-state index < -0.39 is 10.0 Å². The van der Waals surface area contributed by atoms with Gasteiger partial charge in [0.15, 0.2) is 5.13 Å². The maximum absolute atomic E-state index is 12.2. The molecule has 1 aromatic carbocycles. The molecule has 8 nitrogen and oxygen atoms in total. The second-order valence-electron chi connectivity index (χ2n) is 6.09. The topological polar surface area (TPSA) is 101 Å². The van der Waals surface area contributed by atoms with Crippen molar-refractivity contribution in [1.82, 2.24) is 9.55 Å². The zero-order valence-electron chi connectivity index (χ0n) is 15.4. The van der Waals surface area contributed by atoms with Gasteiger partial charge in [-0.15, -0.1) is 11.3 Å². The summed E-state index contributed by atoms with van der Waals surface area (Å²) in [5, 5.41) is 6.64. The van der Waals surface area contributed by atoms with Crippen molar-refractivity contribution in [3.05, 3.63) is 50.4 Å².